The van der Waals surface area contributed by atoms with Crippen molar-refractivity contribution in [3.63, 3.8) is 0 Å². The van der Waals surface area contributed by atoms with Crippen molar-refractivity contribution in [3.05, 3.63) is 17.0 Å². The van der Waals surface area contributed by atoms with Crippen LogP contribution in [0.3, 0.4) is 0 Å². The van der Waals surface area contributed by atoms with Gasteiger partial charge in [-0.1, -0.05) is 19.8 Å². The van der Waals surface area contributed by atoms with Gasteiger partial charge in [0.15, 0.2) is 0 Å². The highest BCUT2D eigenvalue weighted by molar-refractivity contribution is 7.91. The van der Waals surface area contributed by atoms with Gasteiger partial charge in [-0.15, -0.1) is 11.3 Å². The van der Waals surface area contributed by atoms with E-state index in [1.54, 1.807) is 18.5 Å². The lowest BCUT2D eigenvalue weighted by molar-refractivity contribution is 0.239. The summed E-state index contributed by atoms with van der Waals surface area (Å²) in [5.74, 6) is 0.590. The van der Waals surface area contributed by atoms with Crippen LogP contribution in [0.15, 0.2) is 15.7 Å². The Morgan fingerprint density at radius 2 is 2.21 bits per heavy atom. The second kappa shape index (κ2) is 5.91. The SMILES string of the molecule is CC1CCCC(N(C)S(=O)(=O)c2cc(CO)cs2)C1. The minimum absolute atomic E-state index is 0.105. The van der Waals surface area contributed by atoms with Gasteiger partial charge in [-0.2, -0.15) is 4.31 Å². The molecule has 1 fully saturated rings. The van der Waals surface area contributed by atoms with Crippen molar-refractivity contribution in [2.45, 2.75) is 49.5 Å². The molecule has 1 N–H and O–H groups in total. The van der Waals surface area contributed by atoms with Crippen molar-refractivity contribution < 1.29 is 13.5 Å². The van der Waals surface area contributed by atoms with Crippen LogP contribution in [0, 0.1) is 5.92 Å². The Balaban J connectivity index is 2.18. The summed E-state index contributed by atoms with van der Waals surface area (Å²) >= 11 is 1.18. The highest BCUT2D eigenvalue weighted by Crippen LogP contribution is 2.31. The zero-order valence-electron chi connectivity index (χ0n) is 11.4. The Hall–Kier alpha value is -0.430. The van der Waals surface area contributed by atoms with Gasteiger partial charge in [0.05, 0.1) is 6.61 Å². The number of thiophene rings is 1. The van der Waals surface area contributed by atoms with Crippen LogP contribution in [-0.2, 0) is 16.6 Å². The average Bonchev–Trinajstić information content (AvgIpc) is 2.87. The third-order valence-electron chi connectivity index (χ3n) is 3.87. The van der Waals surface area contributed by atoms with Gasteiger partial charge < -0.3 is 5.11 Å². The lowest BCUT2D eigenvalue weighted by atomic mass is 9.87. The molecule has 0 spiro atoms. The van der Waals surface area contributed by atoms with Crippen molar-refractivity contribution in [2.75, 3.05) is 7.05 Å². The van der Waals surface area contributed by atoms with E-state index < -0.39 is 10.0 Å². The number of rotatable bonds is 4. The molecule has 2 rings (SSSR count). The van der Waals surface area contributed by atoms with Crippen LogP contribution in [0.25, 0.3) is 0 Å². The molecule has 1 aromatic rings. The quantitative estimate of drug-likeness (QED) is 0.929. The van der Waals surface area contributed by atoms with E-state index in [4.69, 9.17) is 5.11 Å². The lowest BCUT2D eigenvalue weighted by Crippen LogP contribution is -2.39. The fourth-order valence-electron chi connectivity index (χ4n) is 2.64. The molecule has 1 aliphatic rings. The predicted molar refractivity (Wildman–Crippen MR) is 76.6 cm³/mol. The average molecular weight is 303 g/mol. The number of hydrogen-bond donors (Lipinski definition) is 1. The summed E-state index contributed by atoms with van der Waals surface area (Å²) in [4.78, 5) is 0. The summed E-state index contributed by atoms with van der Waals surface area (Å²) < 4.78 is 26.9. The monoisotopic (exact) mass is 303 g/mol. The van der Waals surface area contributed by atoms with E-state index in [1.807, 2.05) is 0 Å². The Bertz CT molecular complexity index is 524. The molecule has 0 bridgehead atoms. The van der Waals surface area contributed by atoms with Crippen LogP contribution in [-0.4, -0.2) is 30.9 Å². The van der Waals surface area contributed by atoms with Crippen LogP contribution in [0.4, 0.5) is 0 Å². The fourth-order valence-corrected chi connectivity index (χ4v) is 5.42. The molecule has 108 valence electrons. The Labute approximate surface area is 119 Å². The van der Waals surface area contributed by atoms with E-state index in [-0.39, 0.29) is 12.6 Å². The Morgan fingerprint density at radius 1 is 1.47 bits per heavy atom. The summed E-state index contributed by atoms with van der Waals surface area (Å²) in [7, 11) is -1.73. The molecular weight excluding hydrogens is 282 g/mol. The van der Waals surface area contributed by atoms with Crippen molar-refractivity contribution in [3.8, 4) is 0 Å². The second-order valence-corrected chi connectivity index (χ2v) is 8.51. The van der Waals surface area contributed by atoms with Crippen LogP contribution in [0.2, 0.25) is 0 Å². The first-order chi connectivity index (χ1) is 8.95. The third-order valence-corrected chi connectivity index (χ3v) is 7.24. The summed E-state index contributed by atoms with van der Waals surface area (Å²) in [6, 6.07) is 1.68. The van der Waals surface area contributed by atoms with Gasteiger partial charge in [-0.3, -0.25) is 0 Å². The second-order valence-electron chi connectivity index (χ2n) is 5.38. The smallest absolute Gasteiger partial charge is 0.252 e. The molecule has 0 amide bonds. The summed E-state index contributed by atoms with van der Waals surface area (Å²) in [6.07, 6.45) is 4.17. The maximum Gasteiger partial charge on any atom is 0.252 e. The minimum Gasteiger partial charge on any atom is -0.392 e. The predicted octanol–water partition coefficient (Wildman–Crippen LogP) is 2.44. The van der Waals surface area contributed by atoms with Gasteiger partial charge in [0.1, 0.15) is 4.21 Å². The molecule has 1 aliphatic carbocycles. The molecule has 4 nitrogen and oxygen atoms in total. The van der Waals surface area contributed by atoms with E-state index in [0.717, 1.165) is 19.3 Å². The first-order valence-corrected chi connectivity index (χ1v) is 8.93. The van der Waals surface area contributed by atoms with Crippen molar-refractivity contribution in [2.24, 2.45) is 5.92 Å². The molecule has 0 saturated heterocycles. The number of aliphatic hydroxyl groups is 1. The molecule has 1 heterocycles. The first kappa shape index (κ1) is 15.0. The van der Waals surface area contributed by atoms with Gasteiger partial charge >= 0.3 is 0 Å². The largest absolute Gasteiger partial charge is 0.392 e. The summed E-state index contributed by atoms with van der Waals surface area (Å²) in [5, 5.41) is 10.7. The molecule has 1 saturated carbocycles. The third kappa shape index (κ3) is 3.18. The molecular formula is C13H21NO3S2. The number of sulfonamides is 1. The van der Waals surface area contributed by atoms with Gasteiger partial charge in [0, 0.05) is 13.1 Å². The van der Waals surface area contributed by atoms with Crippen LogP contribution >= 0.6 is 11.3 Å². The highest BCUT2D eigenvalue weighted by atomic mass is 32.2. The van der Waals surface area contributed by atoms with Crippen LogP contribution < -0.4 is 0 Å². The van der Waals surface area contributed by atoms with Gasteiger partial charge in [-0.25, -0.2) is 8.42 Å². The number of nitrogens with zero attached hydrogens (tertiary/aromatic N) is 1. The first-order valence-electron chi connectivity index (χ1n) is 6.61. The molecule has 2 atom stereocenters. The Morgan fingerprint density at radius 3 is 2.79 bits per heavy atom. The molecule has 6 heteroatoms. The number of aliphatic hydroxyl groups excluding tert-OH is 1. The Kier molecular flexibility index (Phi) is 4.66. The van der Waals surface area contributed by atoms with Gasteiger partial charge in [-0.05, 0) is 35.8 Å². The normalized spacial score (nSPS) is 24.8. The van der Waals surface area contributed by atoms with E-state index in [0.29, 0.717) is 15.7 Å². The van der Waals surface area contributed by atoms with Gasteiger partial charge in [0.2, 0.25) is 0 Å². The molecule has 0 aromatic carbocycles. The topological polar surface area (TPSA) is 57.6 Å². The standard InChI is InChI=1S/C13H21NO3S2/c1-10-4-3-5-12(6-10)14(2)19(16,17)13-7-11(8-15)9-18-13/h7,9-10,12,15H,3-6,8H2,1-2H3. The van der Waals surface area contributed by atoms with Crippen molar-refractivity contribution in [1.82, 2.24) is 4.31 Å². The van der Waals surface area contributed by atoms with Crippen LogP contribution in [0.5, 0.6) is 0 Å². The minimum atomic E-state index is -3.41. The van der Waals surface area contributed by atoms with E-state index in [2.05, 4.69) is 6.92 Å². The van der Waals surface area contributed by atoms with E-state index in [1.165, 1.54) is 22.1 Å². The molecule has 0 radical (unpaired) electrons. The molecule has 0 aliphatic heterocycles. The maximum atomic E-state index is 12.5. The molecule has 2 unspecified atom stereocenters. The van der Waals surface area contributed by atoms with Crippen molar-refractivity contribution >= 4 is 21.4 Å². The highest BCUT2D eigenvalue weighted by Gasteiger charge is 2.31. The number of hydrogen-bond acceptors (Lipinski definition) is 4. The van der Waals surface area contributed by atoms with E-state index in [9.17, 15) is 8.42 Å². The van der Waals surface area contributed by atoms with Gasteiger partial charge in [0.25, 0.3) is 10.0 Å². The van der Waals surface area contributed by atoms with Crippen LogP contribution in [0.1, 0.15) is 38.2 Å². The zero-order valence-corrected chi connectivity index (χ0v) is 13.0. The van der Waals surface area contributed by atoms with Crippen molar-refractivity contribution in [1.29, 1.82) is 0 Å². The fraction of sp³-hybridized carbons (Fsp3) is 0.692. The molecule has 19 heavy (non-hydrogen) atoms. The molecule has 1 aromatic heterocycles. The maximum absolute atomic E-state index is 12.5. The van der Waals surface area contributed by atoms with E-state index >= 15 is 0 Å². The lowest BCUT2D eigenvalue weighted by Gasteiger charge is -2.33. The summed E-state index contributed by atoms with van der Waals surface area (Å²) in [5.41, 5.74) is 0.661. The summed E-state index contributed by atoms with van der Waals surface area (Å²) in [6.45, 7) is 2.07. The zero-order chi connectivity index (χ0) is 14.0.